The number of aromatic nitrogens is 1. The van der Waals surface area contributed by atoms with Gasteiger partial charge in [-0.2, -0.15) is 13.2 Å². The van der Waals surface area contributed by atoms with E-state index in [0.717, 1.165) is 27.8 Å². The highest BCUT2D eigenvalue weighted by molar-refractivity contribution is 7.14. The maximum atomic E-state index is 12.6. The molecule has 3 aromatic rings. The number of amides is 1. The first-order valence-electron chi connectivity index (χ1n) is 7.35. The van der Waals surface area contributed by atoms with E-state index in [0.29, 0.717) is 11.1 Å². The van der Waals surface area contributed by atoms with Gasteiger partial charge in [0, 0.05) is 10.9 Å². The number of thiazole rings is 1. The van der Waals surface area contributed by atoms with Crippen LogP contribution in [0.4, 0.5) is 18.3 Å². The summed E-state index contributed by atoms with van der Waals surface area (Å²) in [6, 6.07) is 14.6. The van der Waals surface area contributed by atoms with Crippen LogP contribution >= 0.6 is 11.3 Å². The van der Waals surface area contributed by atoms with Crippen molar-refractivity contribution < 1.29 is 18.0 Å². The molecule has 2 aromatic carbocycles. The molecule has 3 rings (SSSR count). The molecule has 0 radical (unpaired) electrons. The van der Waals surface area contributed by atoms with Gasteiger partial charge in [-0.25, -0.2) is 4.98 Å². The van der Waals surface area contributed by atoms with Crippen LogP contribution in [0.5, 0.6) is 0 Å². The van der Waals surface area contributed by atoms with Crippen LogP contribution in [-0.4, -0.2) is 10.9 Å². The normalized spacial score (nSPS) is 11.4. The minimum atomic E-state index is -4.53. The molecule has 0 saturated heterocycles. The van der Waals surface area contributed by atoms with Crippen LogP contribution in [0.25, 0.3) is 11.1 Å². The first-order chi connectivity index (χ1) is 11.8. The second-order valence-electron chi connectivity index (χ2n) is 5.40. The van der Waals surface area contributed by atoms with Crippen LogP contribution in [0.1, 0.15) is 21.6 Å². The highest BCUT2D eigenvalue weighted by atomic mass is 32.1. The summed E-state index contributed by atoms with van der Waals surface area (Å²) in [7, 11) is 0. The first-order valence-corrected chi connectivity index (χ1v) is 8.23. The van der Waals surface area contributed by atoms with Crippen molar-refractivity contribution in [3.63, 3.8) is 0 Å². The second-order valence-corrected chi connectivity index (χ2v) is 6.26. The summed E-state index contributed by atoms with van der Waals surface area (Å²) in [6.07, 6.45) is -4.53. The van der Waals surface area contributed by atoms with Gasteiger partial charge in [0.25, 0.3) is 5.91 Å². The lowest BCUT2D eigenvalue weighted by molar-refractivity contribution is -0.140. The Morgan fingerprint density at radius 3 is 2.56 bits per heavy atom. The number of aryl methyl sites for hydroxylation is 1. The number of nitrogens with one attached hydrogen (secondary N) is 1. The van der Waals surface area contributed by atoms with Crippen molar-refractivity contribution in [2.24, 2.45) is 0 Å². The van der Waals surface area contributed by atoms with Gasteiger partial charge in [0.1, 0.15) is 0 Å². The van der Waals surface area contributed by atoms with E-state index in [1.54, 1.807) is 24.3 Å². The molecule has 1 amide bonds. The summed E-state index contributed by atoms with van der Waals surface area (Å²) in [5.41, 5.74) is 1.97. The number of alkyl halides is 3. The molecule has 3 nitrogen and oxygen atoms in total. The Morgan fingerprint density at radius 2 is 1.88 bits per heavy atom. The van der Waals surface area contributed by atoms with Crippen LogP contribution in [0, 0.1) is 6.92 Å². The highest BCUT2D eigenvalue weighted by Gasteiger charge is 2.34. The molecule has 0 fully saturated rings. The fourth-order valence-corrected chi connectivity index (χ4v) is 3.08. The predicted molar refractivity (Wildman–Crippen MR) is 91.7 cm³/mol. The van der Waals surface area contributed by atoms with Gasteiger partial charge >= 0.3 is 6.18 Å². The van der Waals surface area contributed by atoms with E-state index >= 15 is 0 Å². The fourth-order valence-electron chi connectivity index (χ4n) is 2.37. The number of hydrogen-bond donors (Lipinski definition) is 1. The molecule has 0 aliphatic carbocycles. The largest absolute Gasteiger partial charge is 0.434 e. The Kier molecular flexibility index (Phi) is 4.59. The number of carbonyl (C=O) groups is 1. The van der Waals surface area contributed by atoms with Crippen molar-refractivity contribution in [3.8, 4) is 11.1 Å². The van der Waals surface area contributed by atoms with E-state index < -0.39 is 17.8 Å². The minimum Gasteiger partial charge on any atom is -0.298 e. The summed E-state index contributed by atoms with van der Waals surface area (Å²) < 4.78 is 37.8. The van der Waals surface area contributed by atoms with Crippen molar-refractivity contribution in [1.82, 2.24) is 4.98 Å². The van der Waals surface area contributed by atoms with E-state index in [-0.39, 0.29) is 5.13 Å². The topological polar surface area (TPSA) is 42.0 Å². The maximum absolute atomic E-state index is 12.6. The molecule has 25 heavy (non-hydrogen) atoms. The number of carbonyl (C=O) groups excluding carboxylic acids is 1. The van der Waals surface area contributed by atoms with Gasteiger partial charge in [-0.05, 0) is 24.1 Å². The lowest BCUT2D eigenvalue weighted by Gasteiger charge is -2.10. The number of benzene rings is 2. The van der Waals surface area contributed by atoms with Crippen molar-refractivity contribution >= 4 is 22.4 Å². The molecule has 0 unspecified atom stereocenters. The summed E-state index contributed by atoms with van der Waals surface area (Å²) in [4.78, 5) is 16.0. The first kappa shape index (κ1) is 17.2. The van der Waals surface area contributed by atoms with E-state index in [1.165, 1.54) is 0 Å². The molecule has 0 spiro atoms. The molecule has 128 valence electrons. The van der Waals surface area contributed by atoms with E-state index in [2.05, 4.69) is 10.3 Å². The molecule has 0 atom stereocenters. The third kappa shape index (κ3) is 3.88. The molecule has 1 heterocycles. The summed E-state index contributed by atoms with van der Waals surface area (Å²) in [5, 5.41) is 3.23. The van der Waals surface area contributed by atoms with Gasteiger partial charge in [-0.15, -0.1) is 11.3 Å². The second kappa shape index (κ2) is 6.68. The number of halogens is 3. The van der Waals surface area contributed by atoms with E-state index in [9.17, 15) is 18.0 Å². The zero-order valence-electron chi connectivity index (χ0n) is 13.1. The zero-order valence-corrected chi connectivity index (χ0v) is 13.9. The van der Waals surface area contributed by atoms with Gasteiger partial charge in [-0.3, -0.25) is 10.1 Å². The third-order valence-corrected chi connectivity index (χ3v) is 4.27. The van der Waals surface area contributed by atoms with E-state index in [4.69, 9.17) is 0 Å². The summed E-state index contributed by atoms with van der Waals surface area (Å²) in [6.45, 7) is 1.94. The molecule has 0 aliphatic rings. The molecule has 1 aromatic heterocycles. The zero-order chi connectivity index (χ0) is 18.0. The van der Waals surface area contributed by atoms with Gasteiger partial charge in [-0.1, -0.05) is 48.0 Å². The number of anilines is 1. The summed E-state index contributed by atoms with van der Waals surface area (Å²) in [5.74, 6) is -0.500. The number of hydrogen-bond acceptors (Lipinski definition) is 3. The summed E-state index contributed by atoms with van der Waals surface area (Å²) >= 11 is 0.740. The maximum Gasteiger partial charge on any atom is 0.434 e. The van der Waals surface area contributed by atoms with Crippen LogP contribution in [-0.2, 0) is 6.18 Å². The SMILES string of the molecule is Cc1cccc(-c2ccccc2C(=O)Nc2nc(C(F)(F)F)cs2)c1. The quantitative estimate of drug-likeness (QED) is 0.679. The minimum absolute atomic E-state index is 0.0867. The smallest absolute Gasteiger partial charge is 0.298 e. The van der Waals surface area contributed by atoms with Crippen LogP contribution in [0.15, 0.2) is 53.9 Å². The van der Waals surface area contributed by atoms with Crippen molar-refractivity contribution in [1.29, 1.82) is 0 Å². The van der Waals surface area contributed by atoms with Gasteiger partial charge in [0.05, 0.1) is 0 Å². The predicted octanol–water partition coefficient (Wildman–Crippen LogP) is 5.39. The lowest BCUT2D eigenvalue weighted by Crippen LogP contribution is -2.13. The lowest BCUT2D eigenvalue weighted by atomic mass is 9.98. The third-order valence-electron chi connectivity index (χ3n) is 3.52. The van der Waals surface area contributed by atoms with Crippen LogP contribution in [0.3, 0.4) is 0 Å². The Bertz CT molecular complexity index is 918. The molecule has 7 heteroatoms. The molecular weight excluding hydrogens is 349 g/mol. The molecule has 0 aliphatic heterocycles. The van der Waals surface area contributed by atoms with E-state index in [1.807, 2.05) is 31.2 Å². The molecule has 0 saturated carbocycles. The average Bonchev–Trinajstić information content (AvgIpc) is 3.03. The van der Waals surface area contributed by atoms with Gasteiger partial charge in [0.15, 0.2) is 10.8 Å². The van der Waals surface area contributed by atoms with Crippen molar-refractivity contribution in [3.05, 3.63) is 70.7 Å². The standard InChI is InChI=1S/C18H13F3N2OS/c1-11-5-4-6-12(9-11)13-7-2-3-8-14(13)16(24)23-17-22-15(10-25-17)18(19,20)21/h2-10H,1H3,(H,22,23,24). The molecule has 0 bridgehead atoms. The van der Waals surface area contributed by atoms with Crippen LogP contribution in [0.2, 0.25) is 0 Å². The Morgan fingerprint density at radius 1 is 1.12 bits per heavy atom. The number of nitrogens with zero attached hydrogens (tertiary/aromatic N) is 1. The van der Waals surface area contributed by atoms with Crippen molar-refractivity contribution in [2.75, 3.05) is 5.32 Å². The average molecular weight is 362 g/mol. The molecule has 1 N–H and O–H groups in total. The van der Waals surface area contributed by atoms with Gasteiger partial charge < -0.3 is 0 Å². The molecular formula is C18H13F3N2OS. The van der Waals surface area contributed by atoms with Crippen molar-refractivity contribution in [2.45, 2.75) is 13.1 Å². The Hall–Kier alpha value is -2.67. The van der Waals surface area contributed by atoms with Crippen LogP contribution < -0.4 is 5.32 Å². The number of rotatable bonds is 3. The monoisotopic (exact) mass is 362 g/mol. The fraction of sp³-hybridized carbons (Fsp3) is 0.111. The Balaban J connectivity index is 1.90. The highest BCUT2D eigenvalue weighted by Crippen LogP contribution is 2.32. The van der Waals surface area contributed by atoms with Gasteiger partial charge in [0.2, 0.25) is 0 Å². The Labute approximate surface area is 146 Å².